The van der Waals surface area contributed by atoms with Gasteiger partial charge < -0.3 is 10.6 Å². The van der Waals surface area contributed by atoms with Crippen LogP contribution < -0.4 is 10.6 Å². The molecule has 17 heavy (non-hydrogen) atoms. The van der Waals surface area contributed by atoms with Gasteiger partial charge in [0.2, 0.25) is 0 Å². The molecule has 0 aromatic heterocycles. The Morgan fingerprint density at radius 2 is 1.65 bits per heavy atom. The first kappa shape index (κ1) is 15.4. The first-order chi connectivity index (χ1) is 7.57. The largest absolute Gasteiger partial charge is 0.343 e. The van der Waals surface area contributed by atoms with Gasteiger partial charge in [-0.1, -0.05) is 20.8 Å². The smallest absolute Gasteiger partial charge is 0.310 e. The quantitative estimate of drug-likeness (QED) is 0.568. The van der Waals surface area contributed by atoms with Crippen LogP contribution in [0.2, 0.25) is 0 Å². The van der Waals surface area contributed by atoms with Crippen LogP contribution >= 0.6 is 0 Å². The molecule has 0 atom stereocenters. The second-order valence-corrected chi connectivity index (χ2v) is 5.92. The highest BCUT2D eigenvalue weighted by atomic mass is 16.2. The number of carbonyl (C=O) groups is 2. The van der Waals surface area contributed by atoms with Crippen molar-refractivity contribution < 1.29 is 9.59 Å². The minimum Gasteiger partial charge on any atom is -0.343 e. The molecule has 0 aliphatic rings. The number of amides is 2. The van der Waals surface area contributed by atoms with E-state index in [1.54, 1.807) is 6.07 Å². The summed E-state index contributed by atoms with van der Waals surface area (Å²) in [5.41, 5.74) is -0.404. The molecule has 96 valence electrons. The van der Waals surface area contributed by atoms with Crippen molar-refractivity contribution >= 4 is 11.8 Å². The van der Waals surface area contributed by atoms with Gasteiger partial charge in [0.15, 0.2) is 0 Å². The van der Waals surface area contributed by atoms with E-state index in [1.807, 2.05) is 13.8 Å². The third-order valence-electron chi connectivity index (χ3n) is 1.96. The molecule has 0 rings (SSSR count). The van der Waals surface area contributed by atoms with Crippen LogP contribution in [0.3, 0.4) is 0 Å². The van der Waals surface area contributed by atoms with Crippen molar-refractivity contribution in [3.8, 4) is 6.07 Å². The van der Waals surface area contributed by atoms with Crippen LogP contribution in [0.1, 0.15) is 41.0 Å². The molecule has 0 aliphatic carbocycles. The highest BCUT2D eigenvalue weighted by molar-refractivity contribution is 6.35. The van der Waals surface area contributed by atoms with Crippen LogP contribution in [0.5, 0.6) is 0 Å². The zero-order chi connectivity index (χ0) is 13.7. The van der Waals surface area contributed by atoms with E-state index in [9.17, 15) is 9.59 Å². The maximum atomic E-state index is 11.5. The van der Waals surface area contributed by atoms with E-state index < -0.39 is 17.4 Å². The Kier molecular flexibility index (Phi) is 5.14. The number of carbonyl (C=O) groups excluding carboxylic acids is 2. The molecule has 2 amide bonds. The average molecular weight is 239 g/mol. The molecular formula is C12H21N3O2. The van der Waals surface area contributed by atoms with Crippen molar-refractivity contribution in [1.82, 2.24) is 10.6 Å². The number of hydrogen-bond acceptors (Lipinski definition) is 3. The third-order valence-corrected chi connectivity index (χ3v) is 1.96. The first-order valence-electron chi connectivity index (χ1n) is 5.55. The Morgan fingerprint density at radius 1 is 1.12 bits per heavy atom. The van der Waals surface area contributed by atoms with Crippen molar-refractivity contribution in [3.63, 3.8) is 0 Å². The van der Waals surface area contributed by atoms with E-state index in [0.29, 0.717) is 0 Å². The van der Waals surface area contributed by atoms with Crippen LogP contribution in [0.25, 0.3) is 0 Å². The molecule has 0 radical (unpaired) electrons. The maximum absolute atomic E-state index is 11.5. The third kappa shape index (κ3) is 7.34. The summed E-state index contributed by atoms with van der Waals surface area (Å²) in [4.78, 5) is 22.8. The highest BCUT2D eigenvalue weighted by Crippen LogP contribution is 2.26. The molecule has 0 aliphatic heterocycles. The summed E-state index contributed by atoms with van der Waals surface area (Å²) in [6.45, 7) is 9.78. The van der Waals surface area contributed by atoms with Crippen LogP contribution in [-0.4, -0.2) is 23.9 Å². The minimum absolute atomic E-state index is 0.0555. The SMILES string of the molecule is CC(C)(C)CC(C)(C)NC(=O)C(=O)NCC#N. The zero-order valence-electron chi connectivity index (χ0n) is 11.2. The molecule has 5 nitrogen and oxygen atoms in total. The van der Waals surface area contributed by atoms with Crippen molar-refractivity contribution in [2.75, 3.05) is 6.54 Å². The minimum atomic E-state index is -0.770. The fourth-order valence-corrected chi connectivity index (χ4v) is 1.93. The Labute approximate surface area is 103 Å². The van der Waals surface area contributed by atoms with Crippen molar-refractivity contribution in [1.29, 1.82) is 5.26 Å². The lowest BCUT2D eigenvalue weighted by Crippen LogP contribution is -2.51. The molecule has 0 unspecified atom stereocenters. The number of hydrogen-bond donors (Lipinski definition) is 2. The standard InChI is InChI=1S/C12H21N3O2/c1-11(2,3)8-12(4,5)15-10(17)9(16)14-7-6-13/h7-8H2,1-5H3,(H,14,16)(H,15,17). The van der Waals surface area contributed by atoms with E-state index in [0.717, 1.165) is 6.42 Å². The Bertz CT molecular complexity index is 335. The molecule has 0 fully saturated rings. The maximum Gasteiger partial charge on any atom is 0.310 e. The Hall–Kier alpha value is -1.57. The summed E-state index contributed by atoms with van der Waals surface area (Å²) in [7, 11) is 0. The van der Waals surface area contributed by atoms with E-state index in [2.05, 4.69) is 31.4 Å². The highest BCUT2D eigenvalue weighted by Gasteiger charge is 2.28. The van der Waals surface area contributed by atoms with E-state index in [-0.39, 0.29) is 12.0 Å². The van der Waals surface area contributed by atoms with Gasteiger partial charge in [0.1, 0.15) is 6.54 Å². The second-order valence-electron chi connectivity index (χ2n) is 5.92. The number of nitrogens with zero attached hydrogens (tertiary/aromatic N) is 1. The summed E-state index contributed by atoms with van der Waals surface area (Å²) in [5.74, 6) is -1.47. The molecule has 0 saturated heterocycles. The number of rotatable bonds is 3. The lowest BCUT2D eigenvalue weighted by Gasteiger charge is -2.33. The van der Waals surface area contributed by atoms with E-state index >= 15 is 0 Å². The molecule has 5 heteroatoms. The second kappa shape index (κ2) is 5.67. The predicted octanol–water partition coefficient (Wildman–Crippen LogP) is 0.957. The zero-order valence-corrected chi connectivity index (χ0v) is 11.2. The van der Waals surface area contributed by atoms with E-state index in [1.165, 1.54) is 0 Å². The fraction of sp³-hybridized carbons (Fsp3) is 0.750. The summed E-state index contributed by atoms with van der Waals surface area (Å²) < 4.78 is 0. The Balaban J connectivity index is 4.37. The fourth-order valence-electron chi connectivity index (χ4n) is 1.93. The van der Waals surface area contributed by atoms with Crippen LogP contribution in [-0.2, 0) is 9.59 Å². The van der Waals surface area contributed by atoms with Gasteiger partial charge in [0.25, 0.3) is 0 Å². The van der Waals surface area contributed by atoms with Crippen molar-refractivity contribution in [2.45, 2.75) is 46.6 Å². The normalized spacial score (nSPS) is 11.5. The van der Waals surface area contributed by atoms with Crippen molar-refractivity contribution in [2.24, 2.45) is 5.41 Å². The molecule has 0 bridgehead atoms. The van der Waals surface area contributed by atoms with Crippen LogP contribution in [0.15, 0.2) is 0 Å². The predicted molar refractivity (Wildman–Crippen MR) is 64.9 cm³/mol. The van der Waals surface area contributed by atoms with Gasteiger partial charge in [0.05, 0.1) is 6.07 Å². The monoisotopic (exact) mass is 239 g/mol. The van der Waals surface area contributed by atoms with Gasteiger partial charge in [-0.05, 0) is 25.7 Å². The van der Waals surface area contributed by atoms with Gasteiger partial charge in [0, 0.05) is 5.54 Å². The molecule has 0 saturated carbocycles. The summed E-state index contributed by atoms with van der Waals surface area (Å²) >= 11 is 0. The molecule has 0 spiro atoms. The Morgan fingerprint density at radius 3 is 2.06 bits per heavy atom. The number of nitrogens with one attached hydrogen (secondary N) is 2. The molecule has 0 aromatic rings. The summed E-state index contributed by atoms with van der Waals surface area (Å²) in [6.07, 6.45) is 0.747. The number of nitriles is 1. The molecule has 0 aromatic carbocycles. The van der Waals surface area contributed by atoms with Crippen LogP contribution in [0, 0.1) is 16.7 Å². The molecule has 0 heterocycles. The van der Waals surface area contributed by atoms with Gasteiger partial charge in [-0.3, -0.25) is 9.59 Å². The average Bonchev–Trinajstić information content (AvgIpc) is 2.08. The van der Waals surface area contributed by atoms with Crippen LogP contribution in [0.4, 0.5) is 0 Å². The van der Waals surface area contributed by atoms with Gasteiger partial charge >= 0.3 is 11.8 Å². The topological polar surface area (TPSA) is 82.0 Å². The molecule has 2 N–H and O–H groups in total. The lowest BCUT2D eigenvalue weighted by molar-refractivity contribution is -0.140. The summed E-state index contributed by atoms with van der Waals surface area (Å²) in [6, 6.07) is 1.74. The van der Waals surface area contributed by atoms with E-state index in [4.69, 9.17) is 5.26 Å². The van der Waals surface area contributed by atoms with Gasteiger partial charge in [-0.15, -0.1) is 0 Å². The lowest BCUT2D eigenvalue weighted by atomic mass is 9.82. The molecular weight excluding hydrogens is 218 g/mol. The van der Waals surface area contributed by atoms with Crippen molar-refractivity contribution in [3.05, 3.63) is 0 Å². The van der Waals surface area contributed by atoms with Gasteiger partial charge in [-0.25, -0.2) is 0 Å². The first-order valence-corrected chi connectivity index (χ1v) is 5.55. The van der Waals surface area contributed by atoms with Gasteiger partial charge in [-0.2, -0.15) is 5.26 Å². The summed E-state index contributed by atoms with van der Waals surface area (Å²) in [5, 5.41) is 13.2.